The number of rotatable bonds is 13. The molecule has 4 unspecified atom stereocenters. The number of nitrogens with two attached hydrogens (primary N) is 2. The number of nitrogens with zero attached hydrogens (tertiary/aromatic N) is 1. The van der Waals surface area contributed by atoms with Crippen molar-refractivity contribution < 1.29 is 34.2 Å². The van der Waals surface area contributed by atoms with Gasteiger partial charge in [0.05, 0.1) is 25.4 Å². The molecule has 1 aromatic rings. The van der Waals surface area contributed by atoms with Gasteiger partial charge >= 0.3 is 5.97 Å². The van der Waals surface area contributed by atoms with Gasteiger partial charge in [0.25, 0.3) is 0 Å². The van der Waals surface area contributed by atoms with Gasteiger partial charge in [0, 0.05) is 24.1 Å². The minimum absolute atomic E-state index is 0.0795. The molecule has 31 heavy (non-hydrogen) atoms. The molecular weight excluding hydrogens is 434 g/mol. The Hall–Kier alpha value is -3.17. The van der Waals surface area contributed by atoms with E-state index >= 15 is 0 Å². The van der Waals surface area contributed by atoms with Crippen molar-refractivity contribution in [3.8, 4) is 0 Å². The van der Waals surface area contributed by atoms with Crippen molar-refractivity contribution in [2.45, 2.75) is 37.0 Å². The average Bonchev–Trinajstić information content (AvgIpc) is 3.21. The number of amides is 4. The second-order valence-electron chi connectivity index (χ2n) is 6.44. The van der Waals surface area contributed by atoms with Crippen LogP contribution in [0.3, 0.4) is 0 Å². The van der Waals surface area contributed by atoms with Gasteiger partial charge < -0.3 is 42.6 Å². The molecule has 0 aromatic carbocycles. The Kier molecular flexibility index (Phi) is 10.4. The molecule has 4 atom stereocenters. The largest absolute Gasteiger partial charge is 0.480 e. The Balaban J connectivity index is 2.80. The highest BCUT2D eigenvalue weighted by Gasteiger charge is 2.30. The maximum absolute atomic E-state index is 12.5. The number of hydrogen-bond acceptors (Lipinski definition) is 9. The number of aromatic nitrogens is 2. The molecule has 1 rings (SSSR count). The van der Waals surface area contributed by atoms with Crippen LogP contribution in [-0.4, -0.2) is 86.3 Å². The van der Waals surface area contributed by atoms with E-state index in [1.165, 1.54) is 12.5 Å². The Bertz CT molecular complexity index is 789. The summed E-state index contributed by atoms with van der Waals surface area (Å²) in [5.74, 6) is -5.26. The molecule has 0 fully saturated rings. The number of carbonyl (C=O) groups is 5. The molecule has 0 bridgehead atoms. The lowest BCUT2D eigenvalue weighted by Gasteiger charge is -2.23. The zero-order chi connectivity index (χ0) is 23.6. The molecule has 1 heterocycles. The summed E-state index contributed by atoms with van der Waals surface area (Å²) in [6.07, 6.45) is 2.37. The van der Waals surface area contributed by atoms with E-state index in [1.807, 2.05) is 5.32 Å². The van der Waals surface area contributed by atoms with Gasteiger partial charge in [-0.25, -0.2) is 9.78 Å². The van der Waals surface area contributed by atoms with Crippen molar-refractivity contribution in [3.63, 3.8) is 0 Å². The van der Waals surface area contributed by atoms with E-state index < -0.39 is 66.8 Å². The second-order valence-corrected chi connectivity index (χ2v) is 6.81. The van der Waals surface area contributed by atoms with E-state index in [0.717, 1.165) is 0 Å². The van der Waals surface area contributed by atoms with Crippen molar-refractivity contribution in [1.29, 1.82) is 0 Å². The summed E-state index contributed by atoms with van der Waals surface area (Å²) in [5.41, 5.74) is 11.5. The van der Waals surface area contributed by atoms with Crippen LogP contribution in [0.15, 0.2) is 12.5 Å². The van der Waals surface area contributed by atoms with Gasteiger partial charge in [-0.05, 0) is 0 Å². The first kappa shape index (κ1) is 25.9. The molecule has 14 nitrogen and oxygen atoms in total. The zero-order valence-electron chi connectivity index (χ0n) is 16.3. The molecule has 0 aliphatic carbocycles. The molecule has 0 radical (unpaired) electrons. The topological polar surface area (TPSA) is 243 Å². The van der Waals surface area contributed by atoms with Crippen molar-refractivity contribution in [2.24, 2.45) is 11.5 Å². The predicted molar refractivity (Wildman–Crippen MR) is 108 cm³/mol. The fourth-order valence-corrected chi connectivity index (χ4v) is 2.60. The normalized spacial score (nSPS) is 14.5. The highest BCUT2D eigenvalue weighted by molar-refractivity contribution is 7.80. The number of carboxylic acids is 1. The number of carbonyl (C=O) groups excluding carboxylic acids is 4. The first-order valence-corrected chi connectivity index (χ1v) is 9.59. The van der Waals surface area contributed by atoms with Crippen LogP contribution in [0.2, 0.25) is 0 Å². The molecule has 10 N–H and O–H groups in total. The molecule has 4 amide bonds. The van der Waals surface area contributed by atoms with Gasteiger partial charge in [-0.3, -0.25) is 19.2 Å². The van der Waals surface area contributed by atoms with Crippen molar-refractivity contribution >= 4 is 42.2 Å². The predicted octanol–water partition coefficient (Wildman–Crippen LogP) is -4.38. The lowest BCUT2D eigenvalue weighted by molar-refractivity contribution is -0.143. The van der Waals surface area contributed by atoms with Gasteiger partial charge in [0.1, 0.15) is 18.1 Å². The maximum Gasteiger partial charge on any atom is 0.328 e. The van der Waals surface area contributed by atoms with E-state index in [0.29, 0.717) is 5.69 Å². The number of imidazole rings is 1. The Labute approximate surface area is 181 Å². The highest BCUT2D eigenvalue weighted by atomic mass is 32.1. The number of carboxylic acid groups (broad SMARTS) is 1. The van der Waals surface area contributed by atoms with Gasteiger partial charge in [-0.1, -0.05) is 0 Å². The summed E-state index contributed by atoms with van der Waals surface area (Å²) in [6, 6.07) is -5.43. The number of H-pyrrole nitrogens is 1. The Morgan fingerprint density at radius 2 is 1.65 bits per heavy atom. The van der Waals surface area contributed by atoms with Crippen LogP contribution in [0.25, 0.3) is 0 Å². The summed E-state index contributed by atoms with van der Waals surface area (Å²) in [6.45, 7) is -0.872. The molecule has 0 saturated carbocycles. The first-order chi connectivity index (χ1) is 14.6. The average molecular weight is 459 g/mol. The van der Waals surface area contributed by atoms with Crippen LogP contribution in [0.4, 0.5) is 0 Å². The molecule has 0 spiro atoms. The van der Waals surface area contributed by atoms with Gasteiger partial charge in [0.15, 0.2) is 0 Å². The molecule has 1 aromatic heterocycles. The molecule has 0 saturated heterocycles. The number of aromatic amines is 1. The number of thiol groups is 1. The smallest absolute Gasteiger partial charge is 0.328 e. The first-order valence-electron chi connectivity index (χ1n) is 8.95. The number of aliphatic carboxylic acids is 1. The van der Waals surface area contributed by atoms with Crippen LogP contribution >= 0.6 is 12.6 Å². The standard InChI is InChI=1S/C16H25N7O7S/c17-8(1-7-3-19-6-20-7)13(26)21-9(2-12(18)25)14(27)23-11(5-31)15(28)22-10(4-24)16(29)30/h3,6,8-11,24,31H,1-2,4-5,17H2,(H2,18,25)(H,19,20)(H,21,26)(H,22,28)(H,23,27)(H,29,30). The van der Waals surface area contributed by atoms with E-state index in [9.17, 15) is 24.0 Å². The molecule has 15 heteroatoms. The quantitative estimate of drug-likeness (QED) is 0.129. The lowest BCUT2D eigenvalue weighted by Crippen LogP contribution is -2.58. The Morgan fingerprint density at radius 1 is 1.06 bits per heavy atom. The fourth-order valence-electron chi connectivity index (χ4n) is 2.34. The van der Waals surface area contributed by atoms with E-state index in [-0.39, 0.29) is 12.2 Å². The third kappa shape index (κ3) is 8.61. The van der Waals surface area contributed by atoms with Crippen LogP contribution in [0.5, 0.6) is 0 Å². The summed E-state index contributed by atoms with van der Waals surface area (Å²) < 4.78 is 0. The summed E-state index contributed by atoms with van der Waals surface area (Å²) in [5, 5.41) is 24.5. The third-order valence-corrected chi connectivity index (χ3v) is 4.35. The fraction of sp³-hybridized carbons (Fsp3) is 0.500. The monoisotopic (exact) mass is 459 g/mol. The summed E-state index contributed by atoms with van der Waals surface area (Å²) in [7, 11) is 0. The van der Waals surface area contributed by atoms with Gasteiger partial charge in [-0.15, -0.1) is 0 Å². The number of primary amides is 1. The minimum atomic E-state index is -1.59. The number of hydrogen-bond donors (Lipinski definition) is 9. The SMILES string of the molecule is NC(=O)CC(NC(=O)C(N)Cc1cnc[nH]1)C(=O)NC(CS)C(=O)NC(CO)C(=O)O. The number of aliphatic hydroxyl groups is 1. The minimum Gasteiger partial charge on any atom is -0.480 e. The zero-order valence-corrected chi connectivity index (χ0v) is 17.2. The number of aliphatic hydroxyl groups excluding tert-OH is 1. The van der Waals surface area contributed by atoms with E-state index in [4.69, 9.17) is 21.7 Å². The highest BCUT2D eigenvalue weighted by Crippen LogP contribution is 2.01. The van der Waals surface area contributed by atoms with Gasteiger partial charge in [-0.2, -0.15) is 12.6 Å². The third-order valence-electron chi connectivity index (χ3n) is 3.98. The summed E-state index contributed by atoms with van der Waals surface area (Å²) >= 11 is 3.93. The summed E-state index contributed by atoms with van der Waals surface area (Å²) in [4.78, 5) is 65.9. The lowest BCUT2D eigenvalue weighted by atomic mass is 10.1. The van der Waals surface area contributed by atoms with Crippen LogP contribution in [0, 0.1) is 0 Å². The molecular formula is C16H25N7O7S. The van der Waals surface area contributed by atoms with E-state index in [2.05, 4.69) is 33.2 Å². The Morgan fingerprint density at radius 3 is 2.13 bits per heavy atom. The second kappa shape index (κ2) is 12.5. The molecule has 0 aliphatic heterocycles. The van der Waals surface area contributed by atoms with E-state index in [1.54, 1.807) is 0 Å². The van der Waals surface area contributed by atoms with Crippen molar-refractivity contribution in [2.75, 3.05) is 12.4 Å². The van der Waals surface area contributed by atoms with Crippen molar-refractivity contribution in [3.05, 3.63) is 18.2 Å². The number of nitrogens with one attached hydrogen (secondary N) is 4. The van der Waals surface area contributed by atoms with Gasteiger partial charge in [0.2, 0.25) is 23.6 Å². The van der Waals surface area contributed by atoms with Crippen molar-refractivity contribution in [1.82, 2.24) is 25.9 Å². The molecule has 0 aliphatic rings. The molecule has 172 valence electrons. The van der Waals surface area contributed by atoms with Crippen LogP contribution < -0.4 is 27.4 Å². The van der Waals surface area contributed by atoms with Crippen LogP contribution in [-0.2, 0) is 30.4 Å². The maximum atomic E-state index is 12.5. The van der Waals surface area contributed by atoms with Crippen LogP contribution in [0.1, 0.15) is 12.1 Å².